The highest BCUT2D eigenvalue weighted by Gasteiger charge is 2.15. The fourth-order valence-electron chi connectivity index (χ4n) is 1.14. The van der Waals surface area contributed by atoms with E-state index < -0.39 is 6.04 Å². The number of nitrogens with two attached hydrogens (primary N) is 1. The number of carbonyl (C=O) groups excluding carboxylic acids is 1. The molecule has 4 nitrogen and oxygen atoms in total. The molecule has 0 fully saturated rings. The summed E-state index contributed by atoms with van der Waals surface area (Å²) < 4.78 is 10.4. The second-order valence-corrected chi connectivity index (χ2v) is 4.88. The normalized spacial score (nSPS) is 13.6. The van der Waals surface area contributed by atoms with Crippen molar-refractivity contribution in [1.29, 1.82) is 0 Å². The highest BCUT2D eigenvalue weighted by Crippen LogP contribution is 2.06. The lowest BCUT2D eigenvalue weighted by Gasteiger charge is -2.19. The van der Waals surface area contributed by atoms with E-state index in [9.17, 15) is 4.79 Å². The van der Waals surface area contributed by atoms with Gasteiger partial charge in [0.1, 0.15) is 12.6 Å². The maximum Gasteiger partial charge on any atom is 0.322 e. The van der Waals surface area contributed by atoms with E-state index in [1.807, 2.05) is 20.8 Å². The quantitative estimate of drug-likeness (QED) is 0.536. The SMILES string of the molecule is CCCCC(N)C(=O)OCCOC(C)(C)C. The molecule has 4 heteroatoms. The van der Waals surface area contributed by atoms with Crippen LogP contribution in [-0.4, -0.2) is 30.8 Å². The molecule has 16 heavy (non-hydrogen) atoms. The topological polar surface area (TPSA) is 61.6 Å². The van der Waals surface area contributed by atoms with Crippen LogP contribution in [0.4, 0.5) is 0 Å². The molecule has 0 saturated carbocycles. The molecule has 0 aromatic carbocycles. The Morgan fingerprint density at radius 2 is 1.94 bits per heavy atom. The van der Waals surface area contributed by atoms with Crippen molar-refractivity contribution < 1.29 is 14.3 Å². The zero-order chi connectivity index (χ0) is 12.6. The number of ether oxygens (including phenoxy) is 2. The van der Waals surface area contributed by atoms with Crippen LogP contribution in [0.2, 0.25) is 0 Å². The Balaban J connectivity index is 3.57. The summed E-state index contributed by atoms with van der Waals surface area (Å²) in [5.74, 6) is -0.328. The molecular formula is C12H25NO3. The predicted molar refractivity (Wildman–Crippen MR) is 64.2 cm³/mol. The van der Waals surface area contributed by atoms with Gasteiger partial charge in [-0.25, -0.2) is 0 Å². The van der Waals surface area contributed by atoms with Crippen LogP contribution in [0, 0.1) is 0 Å². The number of hydrogen-bond acceptors (Lipinski definition) is 4. The Hall–Kier alpha value is -0.610. The Morgan fingerprint density at radius 3 is 2.44 bits per heavy atom. The van der Waals surface area contributed by atoms with E-state index in [4.69, 9.17) is 15.2 Å². The highest BCUT2D eigenvalue weighted by molar-refractivity contribution is 5.75. The fraction of sp³-hybridized carbons (Fsp3) is 0.917. The first-order valence-corrected chi connectivity index (χ1v) is 5.93. The lowest BCUT2D eigenvalue weighted by atomic mass is 10.1. The Kier molecular flexibility index (Phi) is 7.34. The van der Waals surface area contributed by atoms with Crippen molar-refractivity contribution in [2.24, 2.45) is 5.73 Å². The second-order valence-electron chi connectivity index (χ2n) is 4.88. The molecule has 0 amide bonds. The number of unbranched alkanes of at least 4 members (excludes halogenated alkanes) is 1. The van der Waals surface area contributed by atoms with Crippen molar-refractivity contribution >= 4 is 5.97 Å². The minimum absolute atomic E-state index is 0.198. The van der Waals surface area contributed by atoms with Crippen LogP contribution in [-0.2, 0) is 14.3 Å². The zero-order valence-electron chi connectivity index (χ0n) is 10.9. The molecule has 0 aliphatic heterocycles. The summed E-state index contributed by atoms with van der Waals surface area (Å²) >= 11 is 0. The third kappa shape index (κ3) is 8.68. The van der Waals surface area contributed by atoms with Crippen LogP contribution >= 0.6 is 0 Å². The van der Waals surface area contributed by atoms with Crippen LogP contribution < -0.4 is 5.73 Å². The molecule has 1 unspecified atom stereocenters. The first-order chi connectivity index (χ1) is 7.37. The van der Waals surface area contributed by atoms with E-state index >= 15 is 0 Å². The summed E-state index contributed by atoms with van der Waals surface area (Å²) in [5, 5.41) is 0. The average molecular weight is 231 g/mol. The van der Waals surface area contributed by atoms with Gasteiger partial charge in [-0.05, 0) is 27.2 Å². The van der Waals surface area contributed by atoms with Gasteiger partial charge in [0.05, 0.1) is 12.2 Å². The summed E-state index contributed by atoms with van der Waals surface area (Å²) in [6.45, 7) is 8.63. The number of hydrogen-bond donors (Lipinski definition) is 1. The lowest BCUT2D eigenvalue weighted by molar-refractivity contribution is -0.148. The predicted octanol–water partition coefficient (Wildman–Crippen LogP) is 1.86. The lowest BCUT2D eigenvalue weighted by Crippen LogP contribution is -2.33. The maximum absolute atomic E-state index is 11.4. The largest absolute Gasteiger partial charge is 0.462 e. The molecule has 0 heterocycles. The maximum atomic E-state index is 11.4. The van der Waals surface area contributed by atoms with Gasteiger partial charge >= 0.3 is 5.97 Å². The molecule has 0 aliphatic rings. The minimum atomic E-state index is -0.491. The van der Waals surface area contributed by atoms with Crippen LogP contribution in [0.1, 0.15) is 47.0 Å². The molecule has 96 valence electrons. The molecule has 0 bridgehead atoms. The first kappa shape index (κ1) is 15.4. The smallest absolute Gasteiger partial charge is 0.322 e. The van der Waals surface area contributed by atoms with Gasteiger partial charge in [0.15, 0.2) is 0 Å². The zero-order valence-corrected chi connectivity index (χ0v) is 10.9. The van der Waals surface area contributed by atoms with Gasteiger partial charge in [-0.1, -0.05) is 19.8 Å². The third-order valence-corrected chi connectivity index (χ3v) is 2.03. The van der Waals surface area contributed by atoms with E-state index in [0.717, 1.165) is 12.8 Å². The van der Waals surface area contributed by atoms with Crippen molar-refractivity contribution in [3.8, 4) is 0 Å². The van der Waals surface area contributed by atoms with Gasteiger partial charge < -0.3 is 15.2 Å². The molecule has 1 atom stereocenters. The Morgan fingerprint density at radius 1 is 1.31 bits per heavy atom. The van der Waals surface area contributed by atoms with E-state index in [1.54, 1.807) is 0 Å². The summed E-state index contributed by atoms with van der Waals surface area (Å²) in [5.41, 5.74) is 5.46. The summed E-state index contributed by atoms with van der Waals surface area (Å²) in [6, 6.07) is -0.491. The molecule has 0 aromatic heterocycles. The summed E-state index contributed by atoms with van der Waals surface area (Å²) in [6.07, 6.45) is 2.68. The van der Waals surface area contributed by atoms with Gasteiger partial charge in [0.25, 0.3) is 0 Å². The third-order valence-electron chi connectivity index (χ3n) is 2.03. The molecule has 0 rings (SSSR count). The molecule has 0 spiro atoms. The molecule has 0 aliphatic carbocycles. The van der Waals surface area contributed by atoms with E-state index in [1.165, 1.54) is 0 Å². The van der Waals surface area contributed by atoms with Crippen molar-refractivity contribution in [3.05, 3.63) is 0 Å². The highest BCUT2D eigenvalue weighted by atomic mass is 16.6. The van der Waals surface area contributed by atoms with Crippen molar-refractivity contribution in [3.63, 3.8) is 0 Å². The van der Waals surface area contributed by atoms with Crippen LogP contribution in [0.25, 0.3) is 0 Å². The van der Waals surface area contributed by atoms with Gasteiger partial charge in [0, 0.05) is 0 Å². The Labute approximate surface area is 98.5 Å². The summed E-state index contributed by atoms with van der Waals surface area (Å²) in [4.78, 5) is 11.4. The number of rotatable bonds is 7. The van der Waals surface area contributed by atoms with Crippen LogP contribution in [0.15, 0.2) is 0 Å². The molecule has 2 N–H and O–H groups in total. The van der Waals surface area contributed by atoms with Crippen molar-refractivity contribution in [2.45, 2.75) is 58.6 Å². The van der Waals surface area contributed by atoms with Crippen molar-refractivity contribution in [1.82, 2.24) is 0 Å². The van der Waals surface area contributed by atoms with Gasteiger partial charge in [-0.15, -0.1) is 0 Å². The van der Waals surface area contributed by atoms with Gasteiger partial charge in [-0.2, -0.15) is 0 Å². The molecule has 0 radical (unpaired) electrons. The fourth-order valence-corrected chi connectivity index (χ4v) is 1.14. The van der Waals surface area contributed by atoms with Crippen LogP contribution in [0.3, 0.4) is 0 Å². The van der Waals surface area contributed by atoms with Gasteiger partial charge in [0.2, 0.25) is 0 Å². The van der Waals surface area contributed by atoms with Gasteiger partial charge in [-0.3, -0.25) is 4.79 Å². The number of carbonyl (C=O) groups is 1. The standard InChI is InChI=1S/C12H25NO3/c1-5-6-7-10(13)11(14)15-8-9-16-12(2,3)4/h10H,5-9,13H2,1-4H3. The molecule has 0 saturated heterocycles. The molecular weight excluding hydrogens is 206 g/mol. The van der Waals surface area contributed by atoms with Crippen LogP contribution in [0.5, 0.6) is 0 Å². The molecule has 0 aromatic rings. The van der Waals surface area contributed by atoms with E-state index in [0.29, 0.717) is 13.0 Å². The number of esters is 1. The first-order valence-electron chi connectivity index (χ1n) is 5.93. The van der Waals surface area contributed by atoms with E-state index in [-0.39, 0.29) is 18.2 Å². The monoisotopic (exact) mass is 231 g/mol. The second kappa shape index (κ2) is 7.63. The van der Waals surface area contributed by atoms with Crippen molar-refractivity contribution in [2.75, 3.05) is 13.2 Å². The minimum Gasteiger partial charge on any atom is -0.462 e. The van der Waals surface area contributed by atoms with E-state index in [2.05, 4.69) is 6.92 Å². The summed E-state index contributed by atoms with van der Waals surface area (Å²) in [7, 11) is 0. The Bertz CT molecular complexity index is 199. The average Bonchev–Trinajstić information content (AvgIpc) is 2.19.